The lowest BCUT2D eigenvalue weighted by Gasteiger charge is -2.09. The van der Waals surface area contributed by atoms with E-state index in [0.717, 1.165) is 10.9 Å². The van der Waals surface area contributed by atoms with Gasteiger partial charge in [-0.3, -0.25) is 9.59 Å². The van der Waals surface area contributed by atoms with Crippen LogP contribution >= 0.6 is 11.6 Å². The molecule has 8 nitrogen and oxygen atoms in total. The minimum Gasteiger partial charge on any atom is -0.468 e. The molecule has 0 spiro atoms. The number of nitrogens with one attached hydrogen (secondary N) is 1. The number of rotatable bonds is 7. The van der Waals surface area contributed by atoms with Gasteiger partial charge < -0.3 is 10.1 Å². The highest BCUT2D eigenvalue weighted by molar-refractivity contribution is 7.90. The van der Waals surface area contributed by atoms with Crippen molar-refractivity contribution in [3.63, 3.8) is 0 Å². The molecule has 1 aromatic rings. The van der Waals surface area contributed by atoms with Crippen LogP contribution < -0.4 is 10.9 Å². The lowest BCUT2D eigenvalue weighted by atomic mass is 10.4. The van der Waals surface area contributed by atoms with Crippen molar-refractivity contribution in [3.05, 3.63) is 21.6 Å². The predicted molar refractivity (Wildman–Crippen MR) is 78.3 cm³/mol. The number of ether oxygens (including phenoxy) is 1. The maximum absolute atomic E-state index is 11.9. The van der Waals surface area contributed by atoms with E-state index in [4.69, 9.17) is 11.6 Å². The maximum atomic E-state index is 11.9. The van der Waals surface area contributed by atoms with Crippen molar-refractivity contribution in [2.24, 2.45) is 0 Å². The third-order valence-corrected chi connectivity index (χ3v) is 3.89. The third kappa shape index (κ3) is 5.72. The summed E-state index contributed by atoms with van der Waals surface area (Å²) in [5, 5.41) is 6.51. The van der Waals surface area contributed by atoms with E-state index in [2.05, 4.69) is 15.2 Å². The first-order valence-electron chi connectivity index (χ1n) is 5.98. The topological polar surface area (TPSA) is 107 Å². The molecular formula is C11H16ClN3O5S. The van der Waals surface area contributed by atoms with Crippen LogP contribution in [0.15, 0.2) is 11.0 Å². The van der Waals surface area contributed by atoms with Gasteiger partial charge in [0.1, 0.15) is 21.4 Å². The van der Waals surface area contributed by atoms with Gasteiger partial charge in [-0.2, -0.15) is 5.10 Å². The fraction of sp³-hybridized carbons (Fsp3) is 0.545. The van der Waals surface area contributed by atoms with Crippen LogP contribution in [0.3, 0.4) is 0 Å². The van der Waals surface area contributed by atoms with Crippen LogP contribution in [-0.2, 0) is 25.9 Å². The Hall–Kier alpha value is -1.61. The van der Waals surface area contributed by atoms with Crippen LogP contribution in [0.2, 0.25) is 5.02 Å². The summed E-state index contributed by atoms with van der Waals surface area (Å²) in [5.74, 6) is -0.584. The standard InChI is InChI=1S/C11H16ClN3O5S/c1-20-9(16)7-15-11(17)10(12)8(6-14-15)13-4-3-5-21(2,18)19/h6,13H,3-5,7H2,1-2H3. The highest BCUT2D eigenvalue weighted by Gasteiger charge is 2.12. The van der Waals surface area contributed by atoms with Gasteiger partial charge in [-0.05, 0) is 6.42 Å². The van der Waals surface area contributed by atoms with Crippen molar-refractivity contribution >= 4 is 33.1 Å². The van der Waals surface area contributed by atoms with Crippen molar-refractivity contribution in [2.45, 2.75) is 13.0 Å². The number of carbonyl (C=O) groups excluding carboxylic acids is 1. The number of esters is 1. The minimum atomic E-state index is -3.03. The molecule has 0 aliphatic rings. The lowest BCUT2D eigenvalue weighted by Crippen LogP contribution is -2.28. The number of methoxy groups -OCH3 is 1. The number of anilines is 1. The van der Waals surface area contributed by atoms with Crippen LogP contribution in [0, 0.1) is 0 Å². The van der Waals surface area contributed by atoms with Crippen LogP contribution in [-0.4, -0.2) is 49.8 Å². The van der Waals surface area contributed by atoms with Crippen molar-refractivity contribution in [3.8, 4) is 0 Å². The average molecular weight is 338 g/mol. The second-order valence-electron chi connectivity index (χ2n) is 4.32. The van der Waals surface area contributed by atoms with Gasteiger partial charge in [-0.15, -0.1) is 0 Å². The fourth-order valence-corrected chi connectivity index (χ4v) is 2.33. The van der Waals surface area contributed by atoms with Gasteiger partial charge in [-0.25, -0.2) is 13.1 Å². The van der Waals surface area contributed by atoms with Crippen molar-refractivity contribution < 1.29 is 17.9 Å². The monoisotopic (exact) mass is 337 g/mol. The van der Waals surface area contributed by atoms with Gasteiger partial charge >= 0.3 is 5.97 Å². The van der Waals surface area contributed by atoms with Gasteiger partial charge in [0.05, 0.1) is 24.7 Å². The van der Waals surface area contributed by atoms with Gasteiger partial charge in [0, 0.05) is 12.8 Å². The summed E-state index contributed by atoms with van der Waals surface area (Å²) in [6.45, 7) is -0.00165. The van der Waals surface area contributed by atoms with Gasteiger partial charge in [0.15, 0.2) is 0 Å². The number of hydrogen-bond donors (Lipinski definition) is 1. The average Bonchev–Trinajstić information content (AvgIpc) is 2.40. The molecule has 21 heavy (non-hydrogen) atoms. The summed E-state index contributed by atoms with van der Waals surface area (Å²) in [5.41, 5.74) is -0.341. The number of carbonyl (C=O) groups is 1. The molecule has 1 N–H and O–H groups in total. The van der Waals surface area contributed by atoms with E-state index in [1.165, 1.54) is 13.3 Å². The fourth-order valence-electron chi connectivity index (χ4n) is 1.45. The molecule has 0 unspecified atom stereocenters. The molecule has 0 saturated heterocycles. The zero-order valence-corrected chi connectivity index (χ0v) is 13.2. The van der Waals surface area contributed by atoms with Gasteiger partial charge in [0.25, 0.3) is 5.56 Å². The third-order valence-electron chi connectivity index (χ3n) is 2.50. The molecule has 0 atom stereocenters. The molecule has 0 bridgehead atoms. The number of halogens is 1. The van der Waals surface area contributed by atoms with Crippen LogP contribution in [0.5, 0.6) is 0 Å². The second-order valence-corrected chi connectivity index (χ2v) is 6.96. The van der Waals surface area contributed by atoms with E-state index < -0.39 is 21.4 Å². The summed E-state index contributed by atoms with van der Waals surface area (Å²) in [4.78, 5) is 23.0. The second kappa shape index (κ2) is 7.41. The summed E-state index contributed by atoms with van der Waals surface area (Å²) in [6.07, 6.45) is 2.82. The Morgan fingerprint density at radius 1 is 1.52 bits per heavy atom. The summed E-state index contributed by atoms with van der Waals surface area (Å²) in [6, 6.07) is 0. The van der Waals surface area contributed by atoms with E-state index in [-0.39, 0.29) is 23.0 Å². The normalized spacial score (nSPS) is 11.2. The Bertz CT molecular complexity index is 671. The first-order valence-corrected chi connectivity index (χ1v) is 8.42. The maximum Gasteiger partial charge on any atom is 0.327 e. The predicted octanol–water partition coefficient (Wildman–Crippen LogP) is -0.0837. The van der Waals surface area contributed by atoms with Crippen molar-refractivity contribution in [1.29, 1.82) is 0 Å². The molecular weight excluding hydrogens is 322 g/mol. The first kappa shape index (κ1) is 17.4. The van der Waals surface area contributed by atoms with Crippen LogP contribution in [0.1, 0.15) is 6.42 Å². The van der Waals surface area contributed by atoms with Gasteiger partial charge in [-0.1, -0.05) is 11.6 Å². The quantitative estimate of drug-likeness (QED) is 0.547. The van der Waals surface area contributed by atoms with Crippen LogP contribution in [0.4, 0.5) is 5.69 Å². The van der Waals surface area contributed by atoms with Gasteiger partial charge in [0.2, 0.25) is 0 Å². The van der Waals surface area contributed by atoms with Crippen molar-refractivity contribution in [1.82, 2.24) is 9.78 Å². The molecule has 0 aliphatic heterocycles. The van der Waals surface area contributed by atoms with E-state index >= 15 is 0 Å². The number of hydrogen-bond acceptors (Lipinski definition) is 7. The van der Waals surface area contributed by atoms with Crippen LogP contribution in [0.25, 0.3) is 0 Å². The number of nitrogens with zero attached hydrogens (tertiary/aromatic N) is 2. The number of aromatic nitrogens is 2. The molecule has 0 saturated carbocycles. The SMILES string of the molecule is COC(=O)Cn1ncc(NCCCS(C)(=O)=O)c(Cl)c1=O. The van der Waals surface area contributed by atoms with E-state index in [0.29, 0.717) is 13.0 Å². The highest BCUT2D eigenvalue weighted by atomic mass is 35.5. The minimum absolute atomic E-state index is 0.0322. The molecule has 0 aliphatic carbocycles. The largest absolute Gasteiger partial charge is 0.468 e. The Morgan fingerprint density at radius 3 is 2.76 bits per heavy atom. The molecule has 0 amide bonds. The van der Waals surface area contributed by atoms with E-state index in [1.54, 1.807) is 0 Å². The molecule has 1 rings (SSSR count). The molecule has 118 valence electrons. The Balaban J connectivity index is 2.71. The molecule has 1 aromatic heterocycles. The Kier molecular flexibility index (Phi) is 6.16. The first-order chi connectivity index (χ1) is 9.74. The smallest absolute Gasteiger partial charge is 0.327 e. The zero-order chi connectivity index (χ0) is 16.0. The molecule has 1 heterocycles. The van der Waals surface area contributed by atoms with Crippen molar-refractivity contribution in [2.75, 3.05) is 31.0 Å². The Morgan fingerprint density at radius 2 is 2.19 bits per heavy atom. The van der Waals surface area contributed by atoms with E-state index in [1.807, 2.05) is 0 Å². The molecule has 0 aromatic carbocycles. The molecule has 0 fully saturated rings. The molecule has 0 radical (unpaired) electrons. The van der Waals surface area contributed by atoms with E-state index in [9.17, 15) is 18.0 Å². The highest BCUT2D eigenvalue weighted by Crippen LogP contribution is 2.15. The summed E-state index contributed by atoms with van der Waals surface area (Å²) in [7, 11) is -1.82. The lowest BCUT2D eigenvalue weighted by molar-refractivity contribution is -0.141. The zero-order valence-electron chi connectivity index (χ0n) is 11.6. The number of sulfone groups is 1. The summed E-state index contributed by atoms with van der Waals surface area (Å²) < 4.78 is 27.3. The Labute approximate surface area is 127 Å². The molecule has 10 heteroatoms. The summed E-state index contributed by atoms with van der Waals surface area (Å²) >= 11 is 5.89.